The highest BCUT2D eigenvalue weighted by Crippen LogP contribution is 2.28. The first-order valence-corrected chi connectivity index (χ1v) is 7.18. The van der Waals surface area contributed by atoms with Gasteiger partial charge < -0.3 is 9.47 Å². The largest absolute Gasteiger partial charge is 0.462 e. The van der Waals surface area contributed by atoms with Crippen molar-refractivity contribution >= 4 is 17.7 Å². The van der Waals surface area contributed by atoms with Gasteiger partial charge in [0.1, 0.15) is 5.71 Å². The van der Waals surface area contributed by atoms with Crippen LogP contribution in [0.25, 0.3) is 0 Å². The zero-order chi connectivity index (χ0) is 15.3. The van der Waals surface area contributed by atoms with Crippen LogP contribution >= 0.6 is 0 Å². The van der Waals surface area contributed by atoms with Crippen LogP contribution in [0, 0.1) is 11.8 Å². The average molecular weight is 284 g/mol. The van der Waals surface area contributed by atoms with Crippen LogP contribution in [0.4, 0.5) is 0 Å². The summed E-state index contributed by atoms with van der Waals surface area (Å²) < 4.78 is 10.5. The maximum absolute atomic E-state index is 12.2. The third-order valence-corrected chi connectivity index (χ3v) is 3.77. The fraction of sp³-hybridized carbons (Fsp3) is 0.786. The second-order valence-corrected chi connectivity index (χ2v) is 5.07. The molecule has 0 aromatic carbocycles. The summed E-state index contributed by atoms with van der Waals surface area (Å²) >= 11 is 0. The van der Waals surface area contributed by atoms with Crippen molar-refractivity contribution in [1.29, 1.82) is 0 Å². The van der Waals surface area contributed by atoms with E-state index in [1.165, 1.54) is 0 Å². The van der Waals surface area contributed by atoms with Crippen LogP contribution in [0.2, 0.25) is 0 Å². The van der Waals surface area contributed by atoms with Crippen LogP contribution in [0.5, 0.6) is 0 Å². The van der Waals surface area contributed by atoms with Crippen molar-refractivity contribution in [3.63, 3.8) is 0 Å². The van der Waals surface area contributed by atoms with E-state index in [1.807, 2.05) is 27.7 Å². The second-order valence-electron chi connectivity index (χ2n) is 5.07. The molecular weight excluding hydrogens is 260 g/mol. The number of esters is 2. The van der Waals surface area contributed by atoms with Gasteiger partial charge in [0.15, 0.2) is 0 Å². The first-order valence-electron chi connectivity index (χ1n) is 7.18. The first kappa shape index (κ1) is 16.5. The number of nitrogens with zero attached hydrogens (tertiary/aromatic N) is 1. The molecule has 3 atom stereocenters. The minimum absolute atomic E-state index is 0.0212. The van der Waals surface area contributed by atoms with Gasteiger partial charge in [-0.25, -0.2) is 9.59 Å². The summed E-state index contributed by atoms with van der Waals surface area (Å²) in [5, 5.41) is 4.10. The third kappa shape index (κ3) is 2.94. The predicted octanol–water partition coefficient (Wildman–Crippen LogP) is 1.84. The van der Waals surface area contributed by atoms with E-state index in [9.17, 15) is 9.59 Å². The zero-order valence-electron chi connectivity index (χ0n) is 12.9. The van der Waals surface area contributed by atoms with E-state index in [4.69, 9.17) is 9.47 Å². The Bertz CT molecular complexity index is 408. The van der Waals surface area contributed by atoms with Crippen LogP contribution in [-0.4, -0.2) is 30.0 Å². The lowest BCUT2D eigenvalue weighted by molar-refractivity contribution is -0.193. The fourth-order valence-corrected chi connectivity index (χ4v) is 1.94. The molecule has 0 saturated heterocycles. The lowest BCUT2D eigenvalue weighted by Crippen LogP contribution is -2.62. The Balaban J connectivity index is 3.09. The lowest BCUT2D eigenvalue weighted by Gasteiger charge is -2.38. The predicted molar refractivity (Wildman–Crippen MR) is 74.9 cm³/mol. The Morgan fingerprint density at radius 2 is 2.00 bits per heavy atom. The van der Waals surface area contributed by atoms with Crippen molar-refractivity contribution in [2.75, 3.05) is 6.61 Å². The number of hydrazone groups is 1. The molecule has 0 radical (unpaired) electrons. The Kier molecular flexibility index (Phi) is 5.53. The van der Waals surface area contributed by atoms with Gasteiger partial charge in [0, 0.05) is 11.8 Å². The maximum atomic E-state index is 12.2. The fourth-order valence-electron chi connectivity index (χ4n) is 1.94. The lowest BCUT2D eigenvalue weighted by atomic mass is 9.94. The molecule has 0 aromatic heterocycles. The summed E-state index contributed by atoms with van der Waals surface area (Å²) in [5.41, 5.74) is 1.53. The van der Waals surface area contributed by atoms with E-state index in [2.05, 4.69) is 10.5 Å². The van der Waals surface area contributed by atoms with E-state index in [0.29, 0.717) is 12.1 Å². The van der Waals surface area contributed by atoms with E-state index in [1.54, 1.807) is 6.92 Å². The first-order chi connectivity index (χ1) is 9.42. The van der Waals surface area contributed by atoms with Gasteiger partial charge in [-0.05, 0) is 19.8 Å². The van der Waals surface area contributed by atoms with Gasteiger partial charge in [-0.15, -0.1) is 0 Å². The van der Waals surface area contributed by atoms with Crippen molar-refractivity contribution < 1.29 is 19.1 Å². The van der Waals surface area contributed by atoms with E-state index < -0.39 is 17.7 Å². The molecule has 20 heavy (non-hydrogen) atoms. The van der Waals surface area contributed by atoms with Crippen LogP contribution in [0.15, 0.2) is 5.10 Å². The van der Waals surface area contributed by atoms with Crippen molar-refractivity contribution in [3.05, 3.63) is 0 Å². The molecule has 0 bridgehead atoms. The molecule has 1 N–H and O–H groups in total. The molecular formula is C14H24N2O4. The number of rotatable bonds is 6. The topological polar surface area (TPSA) is 77.0 Å². The number of nitrogens with one attached hydrogen (secondary N) is 1. The molecule has 6 heteroatoms. The van der Waals surface area contributed by atoms with Crippen molar-refractivity contribution in [2.24, 2.45) is 16.9 Å². The van der Waals surface area contributed by atoms with E-state index in [-0.39, 0.29) is 18.4 Å². The molecule has 0 fully saturated rings. The number of carbonyl (C=O) groups excluding carboxylic acids is 2. The second kappa shape index (κ2) is 6.72. The SMILES string of the molecule is CCOC(=O)C1(C(C)CC)NN=C(C(C)CC)C(=O)O1. The average Bonchev–Trinajstić information content (AvgIpc) is 2.45. The van der Waals surface area contributed by atoms with Gasteiger partial charge in [0.05, 0.1) is 6.61 Å². The normalized spacial score (nSPS) is 25.1. The van der Waals surface area contributed by atoms with Gasteiger partial charge in [0.2, 0.25) is 0 Å². The van der Waals surface area contributed by atoms with E-state index in [0.717, 1.165) is 6.42 Å². The molecule has 6 nitrogen and oxygen atoms in total. The number of hydrogen-bond donors (Lipinski definition) is 1. The zero-order valence-corrected chi connectivity index (χ0v) is 12.9. The summed E-state index contributed by atoms with van der Waals surface area (Å²) in [6, 6.07) is 0. The molecule has 0 amide bonds. The number of hydrogen-bond acceptors (Lipinski definition) is 6. The molecule has 1 heterocycles. The highest BCUT2D eigenvalue weighted by molar-refractivity contribution is 6.37. The summed E-state index contributed by atoms with van der Waals surface area (Å²) in [6.07, 6.45) is 1.42. The van der Waals surface area contributed by atoms with Crippen LogP contribution in [-0.2, 0) is 19.1 Å². The van der Waals surface area contributed by atoms with Gasteiger partial charge in [-0.1, -0.05) is 27.7 Å². The standard InChI is InChI=1S/C14H24N2O4/c1-6-9(4)11-12(17)20-14(16-15-11,10(5)7-2)13(18)19-8-3/h9-10,16H,6-8H2,1-5H3. The number of cyclic esters (lactones) is 1. The summed E-state index contributed by atoms with van der Waals surface area (Å²) in [6.45, 7) is 9.51. The van der Waals surface area contributed by atoms with Crippen molar-refractivity contribution in [3.8, 4) is 0 Å². The summed E-state index contributed by atoms with van der Waals surface area (Å²) in [5.74, 6) is -1.42. The van der Waals surface area contributed by atoms with Crippen LogP contribution < -0.4 is 5.43 Å². The Hall–Kier alpha value is -1.59. The molecule has 114 valence electrons. The molecule has 0 spiro atoms. The van der Waals surface area contributed by atoms with Gasteiger partial charge in [0.25, 0.3) is 5.72 Å². The van der Waals surface area contributed by atoms with Crippen molar-refractivity contribution in [1.82, 2.24) is 5.43 Å². The smallest absolute Gasteiger partial charge is 0.374 e. The molecule has 1 rings (SSSR count). The molecule has 0 aliphatic carbocycles. The Morgan fingerprint density at radius 1 is 1.35 bits per heavy atom. The van der Waals surface area contributed by atoms with Gasteiger partial charge in [-0.2, -0.15) is 5.10 Å². The molecule has 3 unspecified atom stereocenters. The van der Waals surface area contributed by atoms with Gasteiger partial charge in [-0.3, -0.25) is 5.43 Å². The number of ether oxygens (including phenoxy) is 2. The highest BCUT2D eigenvalue weighted by atomic mass is 16.6. The molecule has 1 aliphatic rings. The monoisotopic (exact) mass is 284 g/mol. The van der Waals surface area contributed by atoms with Crippen molar-refractivity contribution in [2.45, 2.75) is 53.2 Å². The maximum Gasteiger partial charge on any atom is 0.374 e. The molecule has 0 saturated carbocycles. The summed E-state index contributed by atoms with van der Waals surface area (Å²) in [7, 11) is 0. The summed E-state index contributed by atoms with van der Waals surface area (Å²) in [4.78, 5) is 24.3. The number of carbonyl (C=O) groups is 2. The highest BCUT2D eigenvalue weighted by Gasteiger charge is 2.51. The van der Waals surface area contributed by atoms with E-state index >= 15 is 0 Å². The Labute approximate surface area is 119 Å². The quantitative estimate of drug-likeness (QED) is 0.753. The minimum Gasteiger partial charge on any atom is -0.462 e. The van der Waals surface area contributed by atoms with Crippen LogP contribution in [0.1, 0.15) is 47.5 Å². The molecule has 1 aliphatic heterocycles. The van der Waals surface area contributed by atoms with Gasteiger partial charge >= 0.3 is 11.9 Å². The van der Waals surface area contributed by atoms with Crippen LogP contribution in [0.3, 0.4) is 0 Å². The third-order valence-electron chi connectivity index (χ3n) is 3.77. The Morgan fingerprint density at radius 3 is 2.45 bits per heavy atom. The molecule has 0 aromatic rings. The minimum atomic E-state index is -1.52.